The van der Waals surface area contributed by atoms with E-state index < -0.39 is 0 Å². The largest absolute Gasteiger partial charge is 0.497 e. The molecule has 1 heterocycles. The van der Waals surface area contributed by atoms with Gasteiger partial charge in [0.05, 0.1) is 19.2 Å². The van der Waals surface area contributed by atoms with E-state index in [2.05, 4.69) is 10.6 Å². The van der Waals surface area contributed by atoms with Gasteiger partial charge in [-0.1, -0.05) is 18.6 Å². The smallest absolute Gasteiger partial charge is 0.237 e. The van der Waals surface area contributed by atoms with Crippen LogP contribution in [0, 0.1) is 0 Å². The van der Waals surface area contributed by atoms with Crippen molar-refractivity contribution in [3.8, 4) is 5.75 Å². The summed E-state index contributed by atoms with van der Waals surface area (Å²) in [6, 6.07) is 7.75. The molecule has 0 spiro atoms. The molecule has 112 valence electrons. The van der Waals surface area contributed by atoms with E-state index >= 15 is 0 Å². The van der Waals surface area contributed by atoms with Gasteiger partial charge in [0.25, 0.3) is 0 Å². The van der Waals surface area contributed by atoms with Crippen LogP contribution in [-0.4, -0.2) is 25.6 Å². The maximum Gasteiger partial charge on any atom is 0.237 e. The van der Waals surface area contributed by atoms with Crippen molar-refractivity contribution in [2.75, 3.05) is 13.7 Å². The summed E-state index contributed by atoms with van der Waals surface area (Å²) in [6.07, 6.45) is 3.21. The fourth-order valence-corrected chi connectivity index (χ4v) is 2.38. The Morgan fingerprint density at radius 3 is 2.90 bits per heavy atom. The summed E-state index contributed by atoms with van der Waals surface area (Å²) in [7, 11) is 1.65. The third kappa shape index (κ3) is 4.39. The molecule has 1 aliphatic rings. The van der Waals surface area contributed by atoms with Gasteiger partial charge in [-0.25, -0.2) is 0 Å². The molecule has 1 fully saturated rings. The highest BCUT2D eigenvalue weighted by molar-refractivity contribution is 5.85. The lowest BCUT2D eigenvalue weighted by Crippen LogP contribution is -2.47. The molecule has 1 aliphatic heterocycles. The van der Waals surface area contributed by atoms with E-state index in [0.29, 0.717) is 0 Å². The average molecular weight is 299 g/mol. The van der Waals surface area contributed by atoms with E-state index in [1.807, 2.05) is 31.2 Å². The van der Waals surface area contributed by atoms with Crippen molar-refractivity contribution in [3.05, 3.63) is 29.8 Å². The number of piperidine rings is 1. The zero-order valence-corrected chi connectivity index (χ0v) is 12.8. The molecule has 0 aliphatic carbocycles. The number of rotatable bonds is 4. The molecule has 1 aromatic rings. The normalized spacial score (nSPS) is 19.6. The number of carbonyl (C=O) groups is 1. The van der Waals surface area contributed by atoms with Crippen LogP contribution in [0.4, 0.5) is 0 Å². The number of methoxy groups -OCH3 is 1. The van der Waals surface area contributed by atoms with Crippen molar-refractivity contribution in [2.45, 2.75) is 38.3 Å². The zero-order valence-electron chi connectivity index (χ0n) is 12.0. The van der Waals surface area contributed by atoms with Crippen molar-refractivity contribution >= 4 is 18.3 Å². The van der Waals surface area contributed by atoms with E-state index in [1.165, 1.54) is 0 Å². The summed E-state index contributed by atoms with van der Waals surface area (Å²) >= 11 is 0. The topological polar surface area (TPSA) is 50.4 Å². The summed E-state index contributed by atoms with van der Waals surface area (Å²) in [5.74, 6) is 0.907. The van der Waals surface area contributed by atoms with E-state index in [1.54, 1.807) is 7.11 Å². The van der Waals surface area contributed by atoms with E-state index in [0.717, 1.165) is 37.1 Å². The predicted molar refractivity (Wildman–Crippen MR) is 82.4 cm³/mol. The van der Waals surface area contributed by atoms with E-state index in [4.69, 9.17) is 4.74 Å². The Labute approximate surface area is 126 Å². The molecule has 20 heavy (non-hydrogen) atoms. The maximum atomic E-state index is 12.1. The first-order chi connectivity index (χ1) is 9.20. The minimum absolute atomic E-state index is 0. The summed E-state index contributed by atoms with van der Waals surface area (Å²) in [5, 5.41) is 6.32. The standard InChI is InChI=1S/C15H22N2O2.ClH/c1-11(12-6-5-7-13(10-12)19-2)17-15(18)14-8-3-4-9-16-14;/h5-7,10-11,14,16H,3-4,8-9H2,1-2H3,(H,17,18);1H/t11?,14-;/m1./s1. The van der Waals surface area contributed by atoms with Crippen LogP contribution in [0.15, 0.2) is 24.3 Å². The highest BCUT2D eigenvalue weighted by atomic mass is 35.5. The van der Waals surface area contributed by atoms with Crippen LogP contribution in [0.3, 0.4) is 0 Å². The summed E-state index contributed by atoms with van der Waals surface area (Å²) in [4.78, 5) is 12.1. The first-order valence-electron chi connectivity index (χ1n) is 6.88. The van der Waals surface area contributed by atoms with Crippen LogP contribution in [-0.2, 0) is 4.79 Å². The summed E-state index contributed by atoms with van der Waals surface area (Å²) in [6.45, 7) is 2.93. The lowest BCUT2D eigenvalue weighted by atomic mass is 10.0. The molecule has 2 N–H and O–H groups in total. The molecule has 2 atom stereocenters. The van der Waals surface area contributed by atoms with Crippen molar-refractivity contribution in [1.29, 1.82) is 0 Å². The van der Waals surface area contributed by atoms with Crippen molar-refractivity contribution in [3.63, 3.8) is 0 Å². The Hall–Kier alpha value is -1.26. The van der Waals surface area contributed by atoms with Gasteiger partial charge >= 0.3 is 0 Å². The summed E-state index contributed by atoms with van der Waals surface area (Å²) < 4.78 is 5.20. The van der Waals surface area contributed by atoms with Crippen LogP contribution in [0.1, 0.15) is 37.8 Å². The van der Waals surface area contributed by atoms with Crippen molar-refractivity contribution < 1.29 is 9.53 Å². The molecular weight excluding hydrogens is 276 g/mol. The van der Waals surface area contributed by atoms with Gasteiger partial charge < -0.3 is 15.4 Å². The van der Waals surface area contributed by atoms with Crippen LogP contribution in [0.25, 0.3) is 0 Å². The van der Waals surface area contributed by atoms with Crippen molar-refractivity contribution in [2.24, 2.45) is 0 Å². The van der Waals surface area contributed by atoms with Gasteiger partial charge in [0.2, 0.25) is 5.91 Å². The second-order valence-corrected chi connectivity index (χ2v) is 5.01. The first-order valence-corrected chi connectivity index (χ1v) is 6.88. The highest BCUT2D eigenvalue weighted by Gasteiger charge is 2.22. The molecule has 1 saturated heterocycles. The Bertz CT molecular complexity index is 434. The number of amides is 1. The van der Waals surface area contributed by atoms with Crippen molar-refractivity contribution in [1.82, 2.24) is 10.6 Å². The van der Waals surface area contributed by atoms with Gasteiger partial charge in [0.15, 0.2) is 0 Å². The Kier molecular flexibility index (Phi) is 6.82. The number of hydrogen-bond donors (Lipinski definition) is 2. The van der Waals surface area contributed by atoms with Crippen LogP contribution >= 0.6 is 12.4 Å². The quantitative estimate of drug-likeness (QED) is 0.897. The minimum Gasteiger partial charge on any atom is -0.497 e. The molecule has 4 nitrogen and oxygen atoms in total. The molecule has 1 aromatic carbocycles. The van der Waals surface area contributed by atoms with Crippen LogP contribution < -0.4 is 15.4 Å². The van der Waals surface area contributed by atoms with E-state index in [9.17, 15) is 4.79 Å². The third-order valence-electron chi connectivity index (χ3n) is 3.58. The Morgan fingerprint density at radius 1 is 1.45 bits per heavy atom. The van der Waals surface area contributed by atoms with Gasteiger partial charge in [-0.05, 0) is 44.0 Å². The maximum absolute atomic E-state index is 12.1. The lowest BCUT2D eigenvalue weighted by molar-refractivity contribution is -0.124. The Balaban J connectivity index is 0.00000200. The molecule has 1 unspecified atom stereocenters. The average Bonchev–Trinajstić information content (AvgIpc) is 2.48. The fraction of sp³-hybridized carbons (Fsp3) is 0.533. The SMILES string of the molecule is COc1cccc(C(C)NC(=O)[C@H]2CCCCN2)c1.Cl. The minimum atomic E-state index is -0.0400. The molecule has 0 radical (unpaired) electrons. The van der Waals surface area contributed by atoms with Gasteiger partial charge in [-0.15, -0.1) is 12.4 Å². The number of hydrogen-bond acceptors (Lipinski definition) is 3. The number of ether oxygens (including phenoxy) is 1. The fourth-order valence-electron chi connectivity index (χ4n) is 2.38. The monoisotopic (exact) mass is 298 g/mol. The van der Waals surface area contributed by atoms with Gasteiger partial charge in [0, 0.05) is 0 Å². The molecule has 5 heteroatoms. The predicted octanol–water partition coefficient (Wildman–Crippen LogP) is 2.44. The van der Waals surface area contributed by atoms with Gasteiger partial charge in [-0.2, -0.15) is 0 Å². The molecular formula is C15H23ClN2O2. The van der Waals surface area contributed by atoms with Crippen LogP contribution in [0.2, 0.25) is 0 Å². The van der Waals surface area contributed by atoms with Gasteiger partial charge in [0.1, 0.15) is 5.75 Å². The highest BCUT2D eigenvalue weighted by Crippen LogP contribution is 2.19. The molecule has 0 aromatic heterocycles. The first kappa shape index (κ1) is 16.8. The lowest BCUT2D eigenvalue weighted by Gasteiger charge is -2.24. The molecule has 2 rings (SSSR count). The third-order valence-corrected chi connectivity index (χ3v) is 3.58. The molecule has 0 bridgehead atoms. The number of carbonyl (C=O) groups excluding carboxylic acids is 1. The molecule has 0 saturated carbocycles. The van der Waals surface area contributed by atoms with E-state index in [-0.39, 0.29) is 30.4 Å². The number of benzene rings is 1. The number of nitrogens with one attached hydrogen (secondary N) is 2. The van der Waals surface area contributed by atoms with Crippen LogP contribution in [0.5, 0.6) is 5.75 Å². The summed E-state index contributed by atoms with van der Waals surface area (Å²) in [5.41, 5.74) is 1.06. The second-order valence-electron chi connectivity index (χ2n) is 5.01. The zero-order chi connectivity index (χ0) is 13.7. The van der Waals surface area contributed by atoms with Gasteiger partial charge in [-0.3, -0.25) is 4.79 Å². The number of halogens is 1. The Morgan fingerprint density at radius 2 is 2.25 bits per heavy atom. The second kappa shape index (κ2) is 8.12. The molecule has 1 amide bonds.